The van der Waals surface area contributed by atoms with Crippen LogP contribution in [0.5, 0.6) is 17.4 Å². The number of aromatic nitrogens is 1. The highest BCUT2D eigenvalue weighted by atomic mass is 32.2. The smallest absolute Gasteiger partial charge is 0.257 e. The standard InChI is InChI=1S/C28H24N2O5S/c1-36(32,33)23-12-9-19(10-13-23)26(21-11-14-25-20(18-21)15-17-34-25)30-27(31)24-8-5-16-29-28(24)35-22-6-3-2-4-7-22/h2-14,16,18,26H,15,17H2,1H3,(H,30,31). The molecule has 2 heterocycles. The van der Waals surface area contributed by atoms with Crippen LogP contribution in [0.2, 0.25) is 0 Å². The summed E-state index contributed by atoms with van der Waals surface area (Å²) < 4.78 is 35.4. The lowest BCUT2D eigenvalue weighted by atomic mass is 9.96. The second-order valence-electron chi connectivity index (χ2n) is 8.48. The Hall–Kier alpha value is -4.17. The zero-order valence-electron chi connectivity index (χ0n) is 19.5. The summed E-state index contributed by atoms with van der Waals surface area (Å²) in [7, 11) is -3.35. The number of carbonyl (C=O) groups excluding carboxylic acids is 1. The number of para-hydroxylation sites is 1. The Morgan fingerprint density at radius 3 is 2.47 bits per heavy atom. The largest absolute Gasteiger partial charge is 0.493 e. The second-order valence-corrected chi connectivity index (χ2v) is 10.5. The van der Waals surface area contributed by atoms with E-state index in [1.165, 1.54) is 6.26 Å². The first kappa shape index (κ1) is 23.6. The molecule has 4 aromatic rings. The summed E-state index contributed by atoms with van der Waals surface area (Å²) in [6.45, 7) is 0.620. The number of fused-ring (bicyclic) bond motifs is 1. The number of nitrogens with one attached hydrogen (secondary N) is 1. The Morgan fingerprint density at radius 2 is 1.72 bits per heavy atom. The molecule has 5 rings (SSSR count). The van der Waals surface area contributed by atoms with Crippen molar-refractivity contribution in [2.45, 2.75) is 17.4 Å². The summed E-state index contributed by atoms with van der Waals surface area (Å²) >= 11 is 0. The van der Waals surface area contributed by atoms with Crippen LogP contribution in [0.3, 0.4) is 0 Å². The highest BCUT2D eigenvalue weighted by molar-refractivity contribution is 7.90. The zero-order chi connectivity index (χ0) is 25.1. The molecule has 1 aromatic heterocycles. The van der Waals surface area contributed by atoms with Crippen LogP contribution in [0.1, 0.15) is 33.1 Å². The Morgan fingerprint density at radius 1 is 0.972 bits per heavy atom. The van der Waals surface area contributed by atoms with Gasteiger partial charge in [-0.25, -0.2) is 13.4 Å². The molecule has 0 saturated heterocycles. The summed E-state index contributed by atoms with van der Waals surface area (Å²) in [5.41, 5.74) is 2.94. The van der Waals surface area contributed by atoms with Crippen molar-refractivity contribution in [1.29, 1.82) is 0 Å². The molecule has 1 unspecified atom stereocenters. The fourth-order valence-corrected chi connectivity index (χ4v) is 4.74. The van der Waals surface area contributed by atoms with Gasteiger partial charge in [0.05, 0.1) is 17.5 Å². The third-order valence-corrected chi connectivity index (χ3v) is 7.07. The minimum atomic E-state index is -3.35. The number of carbonyl (C=O) groups is 1. The molecule has 1 amide bonds. The predicted octanol–water partition coefficient (Wildman–Crippen LogP) is 4.73. The molecule has 182 valence electrons. The van der Waals surface area contributed by atoms with Gasteiger partial charge in [0.25, 0.3) is 5.91 Å². The summed E-state index contributed by atoms with van der Waals surface area (Å²) in [5, 5.41) is 3.09. The number of hydrogen-bond donors (Lipinski definition) is 1. The maximum absolute atomic E-state index is 13.5. The van der Waals surface area contributed by atoms with Crippen LogP contribution in [0, 0.1) is 0 Å². The number of rotatable bonds is 7. The first-order chi connectivity index (χ1) is 17.4. The highest BCUT2D eigenvalue weighted by Crippen LogP contribution is 2.32. The molecule has 36 heavy (non-hydrogen) atoms. The molecule has 0 aliphatic carbocycles. The molecule has 1 atom stereocenters. The molecule has 8 heteroatoms. The van der Waals surface area contributed by atoms with Crippen LogP contribution < -0.4 is 14.8 Å². The number of sulfone groups is 1. The Bertz CT molecular complexity index is 1500. The van der Waals surface area contributed by atoms with Crippen molar-refractivity contribution in [2.75, 3.05) is 12.9 Å². The van der Waals surface area contributed by atoms with E-state index in [0.29, 0.717) is 12.4 Å². The van der Waals surface area contributed by atoms with Crippen LogP contribution in [-0.4, -0.2) is 32.2 Å². The number of hydrogen-bond acceptors (Lipinski definition) is 6. The molecule has 0 radical (unpaired) electrons. The van der Waals surface area contributed by atoms with Gasteiger partial charge >= 0.3 is 0 Å². The molecule has 1 aliphatic heterocycles. The van der Waals surface area contributed by atoms with Crippen LogP contribution >= 0.6 is 0 Å². The fraction of sp³-hybridized carbons (Fsp3) is 0.143. The number of nitrogens with zero attached hydrogens (tertiary/aromatic N) is 1. The topological polar surface area (TPSA) is 94.6 Å². The number of benzene rings is 3. The average molecular weight is 501 g/mol. The van der Waals surface area contributed by atoms with Crippen molar-refractivity contribution in [2.24, 2.45) is 0 Å². The van der Waals surface area contributed by atoms with Gasteiger partial charge in [0, 0.05) is 18.9 Å². The number of amides is 1. The second kappa shape index (κ2) is 9.83. The van der Waals surface area contributed by atoms with Gasteiger partial charge in [-0.05, 0) is 65.2 Å². The maximum Gasteiger partial charge on any atom is 0.257 e. The monoisotopic (exact) mass is 500 g/mol. The Labute approximate surface area is 209 Å². The summed E-state index contributed by atoms with van der Waals surface area (Å²) in [5.74, 6) is 1.22. The number of pyridine rings is 1. The quantitative estimate of drug-likeness (QED) is 0.394. The van der Waals surface area contributed by atoms with E-state index in [1.807, 2.05) is 36.4 Å². The summed E-state index contributed by atoms with van der Waals surface area (Å²) in [6.07, 6.45) is 3.52. The van der Waals surface area contributed by atoms with E-state index < -0.39 is 15.9 Å². The van der Waals surface area contributed by atoms with E-state index in [4.69, 9.17) is 9.47 Å². The maximum atomic E-state index is 13.5. The van der Waals surface area contributed by atoms with Crippen molar-refractivity contribution < 1.29 is 22.7 Å². The third kappa shape index (κ3) is 5.08. The van der Waals surface area contributed by atoms with Gasteiger partial charge in [0.2, 0.25) is 5.88 Å². The van der Waals surface area contributed by atoms with Crippen molar-refractivity contribution >= 4 is 15.7 Å². The molecule has 3 aromatic carbocycles. The van der Waals surface area contributed by atoms with Crippen LogP contribution in [0.4, 0.5) is 0 Å². The minimum absolute atomic E-state index is 0.190. The van der Waals surface area contributed by atoms with Gasteiger partial charge < -0.3 is 14.8 Å². The van der Waals surface area contributed by atoms with Crippen LogP contribution in [0.15, 0.2) is 96.0 Å². The lowest BCUT2D eigenvalue weighted by Gasteiger charge is -2.21. The molecule has 0 saturated carbocycles. The lowest BCUT2D eigenvalue weighted by molar-refractivity contribution is 0.0940. The van der Waals surface area contributed by atoms with Gasteiger partial charge in [0.1, 0.15) is 17.1 Å². The Balaban J connectivity index is 1.49. The van der Waals surface area contributed by atoms with E-state index in [-0.39, 0.29) is 22.2 Å². The minimum Gasteiger partial charge on any atom is -0.493 e. The van der Waals surface area contributed by atoms with E-state index in [1.54, 1.807) is 54.7 Å². The molecule has 1 N–H and O–H groups in total. The van der Waals surface area contributed by atoms with Crippen molar-refractivity contribution in [1.82, 2.24) is 10.3 Å². The van der Waals surface area contributed by atoms with E-state index in [9.17, 15) is 13.2 Å². The average Bonchev–Trinajstić information content (AvgIpc) is 3.36. The van der Waals surface area contributed by atoms with Gasteiger partial charge in [-0.15, -0.1) is 0 Å². The summed E-state index contributed by atoms with van der Waals surface area (Å²) in [4.78, 5) is 18.0. The van der Waals surface area contributed by atoms with E-state index >= 15 is 0 Å². The van der Waals surface area contributed by atoms with Crippen molar-refractivity contribution in [3.05, 3.63) is 113 Å². The zero-order valence-corrected chi connectivity index (χ0v) is 20.4. The molecular weight excluding hydrogens is 476 g/mol. The van der Waals surface area contributed by atoms with Gasteiger partial charge in [-0.2, -0.15) is 0 Å². The lowest BCUT2D eigenvalue weighted by Crippen LogP contribution is -2.30. The van der Waals surface area contributed by atoms with E-state index in [2.05, 4.69) is 10.3 Å². The first-order valence-corrected chi connectivity index (χ1v) is 13.3. The van der Waals surface area contributed by atoms with Crippen molar-refractivity contribution in [3.63, 3.8) is 0 Å². The SMILES string of the molecule is CS(=O)(=O)c1ccc(C(NC(=O)c2cccnc2Oc2ccccc2)c2ccc3c(c2)CCO3)cc1. The van der Waals surface area contributed by atoms with Crippen molar-refractivity contribution in [3.8, 4) is 17.4 Å². The number of ether oxygens (including phenoxy) is 2. The Kier molecular flexibility index (Phi) is 6.43. The highest BCUT2D eigenvalue weighted by Gasteiger charge is 2.23. The molecule has 0 fully saturated rings. The normalized spacial score (nSPS) is 13.4. The third-order valence-electron chi connectivity index (χ3n) is 5.94. The van der Waals surface area contributed by atoms with Crippen LogP contribution in [-0.2, 0) is 16.3 Å². The van der Waals surface area contributed by atoms with Crippen LogP contribution in [0.25, 0.3) is 0 Å². The van der Waals surface area contributed by atoms with Gasteiger partial charge in [0.15, 0.2) is 9.84 Å². The van der Waals surface area contributed by atoms with Gasteiger partial charge in [-0.3, -0.25) is 4.79 Å². The summed E-state index contributed by atoms with van der Waals surface area (Å²) in [6, 6.07) is 24.3. The molecular formula is C28H24N2O5S. The molecule has 7 nitrogen and oxygen atoms in total. The molecule has 1 aliphatic rings. The van der Waals surface area contributed by atoms with Gasteiger partial charge in [-0.1, -0.05) is 36.4 Å². The predicted molar refractivity (Wildman–Crippen MR) is 135 cm³/mol. The first-order valence-electron chi connectivity index (χ1n) is 11.4. The molecule has 0 bridgehead atoms. The van der Waals surface area contributed by atoms with E-state index in [0.717, 1.165) is 28.9 Å². The molecule has 0 spiro atoms. The fourth-order valence-electron chi connectivity index (χ4n) is 4.11.